The molecule has 0 radical (unpaired) electrons. The standard InChI is InChI=1S/C43H34N5/c1-29(25-26-44-2)46-37-17-9-7-15-33(37)35-28-42-36(27-41(35)46)34-16-8-10-18-38(34)47(42)32-23-21-30(22-24-32)43-45(3)39-19-11-12-20-40(39)48(43)31-13-5-4-6-14-31/h4-28H,1-3H3/q+1/b29-25+,44-26?. The first-order valence-corrected chi connectivity index (χ1v) is 16.4. The molecular weight excluding hydrogens is 587 g/mol. The average molecular weight is 621 g/mol. The van der Waals surface area contributed by atoms with Crippen molar-refractivity contribution in [1.82, 2.24) is 13.7 Å². The quantitative estimate of drug-likeness (QED) is 0.136. The number of rotatable bonds is 5. The Bertz CT molecular complexity index is 2740. The van der Waals surface area contributed by atoms with Crippen molar-refractivity contribution in [3.8, 4) is 22.8 Å². The molecule has 3 aromatic heterocycles. The van der Waals surface area contributed by atoms with Crippen LogP contribution in [0.2, 0.25) is 0 Å². The SMILES string of the molecule is CN=C/C=C(\C)n1c2ccccc2c2cc3c(cc21)c1ccccc1n3-c1ccc(-c2n(-c3ccccc3)c3ccccc3[n+]2C)cc1. The Labute approximate surface area is 278 Å². The van der Waals surface area contributed by atoms with Crippen molar-refractivity contribution in [2.75, 3.05) is 7.05 Å². The van der Waals surface area contributed by atoms with E-state index in [4.69, 9.17) is 0 Å². The molecule has 0 saturated heterocycles. The number of para-hydroxylation sites is 5. The minimum absolute atomic E-state index is 1.13. The van der Waals surface area contributed by atoms with Crippen LogP contribution in [-0.2, 0) is 7.05 Å². The summed E-state index contributed by atoms with van der Waals surface area (Å²) in [4.78, 5) is 4.21. The van der Waals surface area contributed by atoms with E-state index in [2.05, 4.69) is 183 Å². The van der Waals surface area contributed by atoms with Crippen LogP contribution in [0.3, 0.4) is 0 Å². The number of aryl methyl sites for hydroxylation is 1. The van der Waals surface area contributed by atoms with E-state index < -0.39 is 0 Å². The molecule has 3 heterocycles. The second kappa shape index (κ2) is 11.0. The van der Waals surface area contributed by atoms with E-state index in [0.717, 1.165) is 28.5 Å². The van der Waals surface area contributed by atoms with E-state index in [1.54, 1.807) is 0 Å². The van der Waals surface area contributed by atoms with Crippen LogP contribution in [0, 0.1) is 0 Å². The lowest BCUT2D eigenvalue weighted by molar-refractivity contribution is -0.633. The van der Waals surface area contributed by atoms with Crippen molar-refractivity contribution >= 4 is 66.6 Å². The summed E-state index contributed by atoms with van der Waals surface area (Å²) in [6.45, 7) is 2.15. The Hall–Kier alpha value is -6.20. The third-order valence-electron chi connectivity index (χ3n) is 9.70. The van der Waals surface area contributed by atoms with Crippen molar-refractivity contribution in [3.63, 3.8) is 0 Å². The van der Waals surface area contributed by atoms with Gasteiger partial charge in [-0.05, 0) is 85.8 Å². The van der Waals surface area contributed by atoms with Gasteiger partial charge in [-0.2, -0.15) is 4.57 Å². The normalized spacial score (nSPS) is 12.5. The summed E-state index contributed by atoms with van der Waals surface area (Å²) in [6, 6.07) is 50.5. The zero-order valence-corrected chi connectivity index (χ0v) is 27.2. The molecule has 0 bridgehead atoms. The molecule has 0 unspecified atom stereocenters. The molecule has 9 rings (SSSR count). The predicted molar refractivity (Wildman–Crippen MR) is 202 cm³/mol. The Kier molecular flexibility index (Phi) is 6.40. The average Bonchev–Trinajstić information content (AvgIpc) is 3.75. The van der Waals surface area contributed by atoms with Gasteiger partial charge in [-0.1, -0.05) is 66.7 Å². The largest absolute Gasteiger partial charge is 0.313 e. The molecule has 0 spiro atoms. The maximum Gasteiger partial charge on any atom is 0.294 e. The lowest BCUT2D eigenvalue weighted by Crippen LogP contribution is -2.30. The number of benzene rings is 6. The lowest BCUT2D eigenvalue weighted by Gasteiger charge is -2.10. The molecule has 0 aliphatic heterocycles. The van der Waals surface area contributed by atoms with Crippen molar-refractivity contribution < 1.29 is 4.57 Å². The van der Waals surface area contributed by atoms with E-state index >= 15 is 0 Å². The summed E-state index contributed by atoms with van der Waals surface area (Å²) in [5.74, 6) is 1.14. The van der Waals surface area contributed by atoms with Gasteiger partial charge in [-0.15, -0.1) is 0 Å². The molecule has 230 valence electrons. The van der Waals surface area contributed by atoms with E-state index in [1.807, 2.05) is 13.3 Å². The fourth-order valence-electron chi connectivity index (χ4n) is 7.58. The molecular formula is C43H34N5+. The van der Waals surface area contributed by atoms with Gasteiger partial charge >= 0.3 is 0 Å². The Balaban J connectivity index is 1.28. The van der Waals surface area contributed by atoms with E-state index in [-0.39, 0.29) is 0 Å². The summed E-state index contributed by atoms with van der Waals surface area (Å²) in [5.41, 5.74) is 11.7. The fraction of sp³-hybridized carbons (Fsp3) is 0.0698. The van der Waals surface area contributed by atoms with Crippen LogP contribution in [0.25, 0.3) is 83.1 Å². The van der Waals surface area contributed by atoms with E-state index in [9.17, 15) is 0 Å². The van der Waals surface area contributed by atoms with Gasteiger partial charge in [0.2, 0.25) is 0 Å². The topological polar surface area (TPSA) is 31.0 Å². The third-order valence-corrected chi connectivity index (χ3v) is 9.70. The fourth-order valence-corrected chi connectivity index (χ4v) is 7.58. The summed E-state index contributed by atoms with van der Waals surface area (Å²) in [6.07, 6.45) is 3.95. The summed E-state index contributed by atoms with van der Waals surface area (Å²) < 4.78 is 9.44. The second-order valence-corrected chi connectivity index (χ2v) is 12.4. The molecule has 6 aromatic carbocycles. The Morgan fingerprint density at radius 3 is 1.90 bits per heavy atom. The van der Waals surface area contributed by atoms with Gasteiger partial charge in [-0.3, -0.25) is 4.99 Å². The van der Waals surface area contributed by atoms with E-state index in [0.29, 0.717) is 0 Å². The van der Waals surface area contributed by atoms with Gasteiger partial charge in [0.1, 0.15) is 5.69 Å². The van der Waals surface area contributed by atoms with Crippen LogP contribution in [0.15, 0.2) is 151 Å². The molecule has 9 aromatic rings. The molecule has 0 aliphatic carbocycles. The monoisotopic (exact) mass is 620 g/mol. The molecule has 0 fully saturated rings. The van der Waals surface area contributed by atoms with Crippen LogP contribution < -0.4 is 4.57 Å². The number of imidazole rings is 1. The van der Waals surface area contributed by atoms with Crippen LogP contribution >= 0.6 is 0 Å². The highest BCUT2D eigenvalue weighted by atomic mass is 15.2. The van der Waals surface area contributed by atoms with Crippen LogP contribution in [0.5, 0.6) is 0 Å². The Morgan fingerprint density at radius 2 is 1.15 bits per heavy atom. The molecule has 0 aliphatic rings. The van der Waals surface area contributed by atoms with Gasteiger partial charge in [0.05, 0.1) is 34.7 Å². The van der Waals surface area contributed by atoms with Gasteiger partial charge < -0.3 is 9.13 Å². The van der Waals surface area contributed by atoms with Crippen LogP contribution in [0.4, 0.5) is 0 Å². The summed E-state index contributed by atoms with van der Waals surface area (Å²) in [7, 11) is 3.97. The number of fused-ring (bicyclic) bond motifs is 7. The minimum atomic E-state index is 1.13. The third kappa shape index (κ3) is 4.11. The lowest BCUT2D eigenvalue weighted by atomic mass is 10.1. The summed E-state index contributed by atoms with van der Waals surface area (Å²) in [5, 5.41) is 4.95. The van der Waals surface area contributed by atoms with Crippen molar-refractivity contribution in [2.45, 2.75) is 6.92 Å². The van der Waals surface area contributed by atoms with Gasteiger partial charge in [0.25, 0.3) is 5.82 Å². The molecule has 48 heavy (non-hydrogen) atoms. The Morgan fingerprint density at radius 1 is 0.562 bits per heavy atom. The highest BCUT2D eigenvalue weighted by Gasteiger charge is 2.26. The zero-order chi connectivity index (χ0) is 32.4. The second-order valence-electron chi connectivity index (χ2n) is 12.4. The van der Waals surface area contributed by atoms with Gasteiger partial charge in [0.15, 0.2) is 11.0 Å². The molecule has 0 atom stereocenters. The first-order chi connectivity index (χ1) is 23.6. The molecule has 0 saturated carbocycles. The number of hydrogen-bond acceptors (Lipinski definition) is 1. The molecule has 5 heteroatoms. The number of aromatic nitrogens is 4. The highest BCUT2D eigenvalue weighted by molar-refractivity contribution is 6.19. The van der Waals surface area contributed by atoms with Crippen LogP contribution in [0.1, 0.15) is 6.92 Å². The molecule has 0 amide bonds. The predicted octanol–water partition coefficient (Wildman–Crippen LogP) is 9.89. The zero-order valence-electron chi connectivity index (χ0n) is 27.2. The number of aliphatic imine (C=N–C) groups is 1. The summed E-state index contributed by atoms with van der Waals surface area (Å²) >= 11 is 0. The van der Waals surface area contributed by atoms with Crippen molar-refractivity contribution in [3.05, 3.63) is 146 Å². The van der Waals surface area contributed by atoms with Crippen molar-refractivity contribution in [1.29, 1.82) is 0 Å². The minimum Gasteiger partial charge on any atom is -0.313 e. The maximum absolute atomic E-state index is 4.21. The number of hydrogen-bond donors (Lipinski definition) is 0. The van der Waals surface area contributed by atoms with Crippen LogP contribution in [-0.4, -0.2) is 27.0 Å². The highest BCUT2D eigenvalue weighted by Crippen LogP contribution is 2.39. The first kappa shape index (κ1) is 28.1. The maximum atomic E-state index is 4.21. The molecule has 0 N–H and O–H groups in total. The number of nitrogens with zero attached hydrogens (tertiary/aromatic N) is 5. The first-order valence-electron chi connectivity index (χ1n) is 16.4. The van der Waals surface area contributed by atoms with Crippen molar-refractivity contribution in [2.24, 2.45) is 12.0 Å². The van der Waals surface area contributed by atoms with Gasteiger partial charge in [-0.25, -0.2) is 4.57 Å². The smallest absolute Gasteiger partial charge is 0.294 e. The molecule has 5 nitrogen and oxygen atoms in total. The van der Waals surface area contributed by atoms with E-state index in [1.165, 1.54) is 54.6 Å². The number of allylic oxidation sites excluding steroid dienone is 2. The van der Waals surface area contributed by atoms with Gasteiger partial charge in [0, 0.05) is 46.2 Å².